The van der Waals surface area contributed by atoms with Crippen LogP contribution in [0, 0.1) is 13.8 Å². The van der Waals surface area contributed by atoms with Gasteiger partial charge in [0.2, 0.25) is 0 Å². The number of thioether (sulfide) groups is 1. The molecule has 1 N–H and O–H groups in total. The molecule has 2 aromatic rings. The fourth-order valence-corrected chi connectivity index (χ4v) is 5.16. The van der Waals surface area contributed by atoms with Crippen LogP contribution in [0.1, 0.15) is 36.8 Å². The maximum absolute atomic E-state index is 11.2. The summed E-state index contributed by atoms with van der Waals surface area (Å²) in [5, 5.41) is 22.3. The molecule has 1 aliphatic carbocycles. The third kappa shape index (κ3) is 3.58. The van der Waals surface area contributed by atoms with Crippen LogP contribution in [0.15, 0.2) is 52.4 Å². The number of phenols is 1. The van der Waals surface area contributed by atoms with Gasteiger partial charge in [-0.15, -0.1) is 0 Å². The third-order valence-electron chi connectivity index (χ3n) is 5.77. The van der Waals surface area contributed by atoms with E-state index in [0.717, 1.165) is 54.3 Å². The maximum atomic E-state index is 11.2. The van der Waals surface area contributed by atoms with Gasteiger partial charge >= 0.3 is 0 Å². The topological polar surface area (TPSA) is 88.3 Å². The van der Waals surface area contributed by atoms with Crippen molar-refractivity contribution in [2.24, 2.45) is 9.98 Å². The Balaban J connectivity index is 1.88. The summed E-state index contributed by atoms with van der Waals surface area (Å²) in [5.41, 5.74) is 3.15. The SMILES string of the molecule is Cc1cccc(C)c1N=C1N=C(SCC(=O)[O-])N(c2ccccc2O)C12CCCC2. The Bertz CT molecular complexity index is 1020. The lowest BCUT2D eigenvalue weighted by Gasteiger charge is -2.37. The van der Waals surface area contributed by atoms with Crippen LogP contribution >= 0.6 is 11.8 Å². The number of amidine groups is 2. The van der Waals surface area contributed by atoms with Crippen LogP contribution in [0.5, 0.6) is 5.75 Å². The minimum atomic E-state index is -1.15. The second kappa shape index (κ2) is 8.14. The zero-order valence-electron chi connectivity index (χ0n) is 17.1. The highest BCUT2D eigenvalue weighted by Gasteiger charge is 2.51. The van der Waals surface area contributed by atoms with Gasteiger partial charge < -0.3 is 19.9 Å². The molecular weight excluding hydrogens is 398 g/mol. The van der Waals surface area contributed by atoms with Crippen molar-refractivity contribution < 1.29 is 15.0 Å². The Labute approximate surface area is 180 Å². The van der Waals surface area contributed by atoms with Crippen LogP contribution in [0.25, 0.3) is 0 Å². The monoisotopic (exact) mass is 422 g/mol. The fourth-order valence-electron chi connectivity index (χ4n) is 4.36. The van der Waals surface area contributed by atoms with Gasteiger partial charge in [0.25, 0.3) is 0 Å². The van der Waals surface area contributed by atoms with Crippen LogP contribution < -0.4 is 10.0 Å². The Morgan fingerprint density at radius 1 is 1.17 bits per heavy atom. The van der Waals surface area contributed by atoms with E-state index in [1.165, 1.54) is 0 Å². The summed E-state index contributed by atoms with van der Waals surface area (Å²) in [6.07, 6.45) is 3.71. The highest BCUT2D eigenvalue weighted by atomic mass is 32.2. The van der Waals surface area contributed by atoms with E-state index in [0.29, 0.717) is 16.7 Å². The number of carboxylic acids is 1. The molecule has 1 aliphatic heterocycles. The van der Waals surface area contributed by atoms with Crippen LogP contribution in [-0.2, 0) is 4.79 Å². The molecule has 0 unspecified atom stereocenters. The molecule has 7 heteroatoms. The number of benzene rings is 2. The van der Waals surface area contributed by atoms with Gasteiger partial charge in [0.1, 0.15) is 11.3 Å². The Morgan fingerprint density at radius 3 is 2.47 bits per heavy atom. The van der Waals surface area contributed by atoms with E-state index < -0.39 is 11.5 Å². The number of rotatable bonds is 4. The van der Waals surface area contributed by atoms with E-state index >= 15 is 0 Å². The normalized spacial score (nSPS) is 18.9. The van der Waals surface area contributed by atoms with Gasteiger partial charge in [0.15, 0.2) is 11.0 Å². The molecule has 1 heterocycles. The number of aryl methyl sites for hydroxylation is 2. The Hall–Kier alpha value is -2.80. The molecule has 1 fully saturated rings. The molecule has 1 saturated carbocycles. The maximum Gasteiger partial charge on any atom is 0.171 e. The molecule has 0 aromatic heterocycles. The first-order valence-corrected chi connectivity index (χ1v) is 11.1. The Kier molecular flexibility index (Phi) is 5.56. The first-order chi connectivity index (χ1) is 14.4. The van der Waals surface area contributed by atoms with E-state index in [1.54, 1.807) is 12.1 Å². The average molecular weight is 423 g/mol. The summed E-state index contributed by atoms with van der Waals surface area (Å²) in [4.78, 5) is 23.0. The van der Waals surface area contributed by atoms with Gasteiger partial charge in [-0.3, -0.25) is 0 Å². The minimum absolute atomic E-state index is 0.138. The van der Waals surface area contributed by atoms with Gasteiger partial charge in [0.05, 0.1) is 17.3 Å². The number of carbonyl (C=O) groups is 1. The summed E-state index contributed by atoms with van der Waals surface area (Å²) in [6, 6.07) is 13.2. The van der Waals surface area contributed by atoms with Crippen molar-refractivity contribution in [3.05, 3.63) is 53.6 Å². The van der Waals surface area contributed by atoms with E-state index in [1.807, 2.05) is 49.1 Å². The summed E-state index contributed by atoms with van der Waals surface area (Å²) >= 11 is 1.11. The number of aliphatic carboxylic acids is 1. The lowest BCUT2D eigenvalue weighted by molar-refractivity contribution is -0.301. The van der Waals surface area contributed by atoms with Crippen LogP contribution in [-0.4, -0.2) is 33.4 Å². The highest BCUT2D eigenvalue weighted by Crippen LogP contribution is 2.48. The minimum Gasteiger partial charge on any atom is -0.549 e. The predicted molar refractivity (Wildman–Crippen MR) is 120 cm³/mol. The van der Waals surface area contributed by atoms with Crippen molar-refractivity contribution in [2.45, 2.75) is 45.1 Å². The van der Waals surface area contributed by atoms with Gasteiger partial charge in [-0.05, 0) is 49.9 Å². The molecule has 0 bridgehead atoms. The number of para-hydroxylation sites is 3. The molecular formula is C23H24N3O3S-. The van der Waals surface area contributed by atoms with Gasteiger partial charge in [0, 0.05) is 5.75 Å². The second-order valence-corrected chi connectivity index (χ2v) is 8.74. The largest absolute Gasteiger partial charge is 0.549 e. The zero-order valence-corrected chi connectivity index (χ0v) is 17.9. The molecule has 6 nitrogen and oxygen atoms in total. The van der Waals surface area contributed by atoms with Crippen molar-refractivity contribution in [3.63, 3.8) is 0 Å². The smallest absolute Gasteiger partial charge is 0.171 e. The van der Waals surface area contributed by atoms with Gasteiger partial charge in [-0.25, -0.2) is 9.98 Å². The first-order valence-electron chi connectivity index (χ1n) is 10.1. The summed E-state index contributed by atoms with van der Waals surface area (Å²) in [6.45, 7) is 4.05. The van der Waals surface area contributed by atoms with Crippen molar-refractivity contribution in [1.82, 2.24) is 0 Å². The molecule has 0 radical (unpaired) electrons. The molecule has 0 atom stereocenters. The molecule has 2 aromatic carbocycles. The molecule has 1 spiro atoms. The van der Waals surface area contributed by atoms with Gasteiger partial charge in [-0.1, -0.05) is 54.9 Å². The Morgan fingerprint density at radius 2 is 1.83 bits per heavy atom. The number of nitrogens with zero attached hydrogens (tertiary/aromatic N) is 3. The molecule has 0 saturated heterocycles. The van der Waals surface area contributed by atoms with Crippen LogP contribution in [0.3, 0.4) is 0 Å². The number of hydrogen-bond donors (Lipinski definition) is 1. The number of anilines is 1. The summed E-state index contributed by atoms with van der Waals surface area (Å²) < 4.78 is 0. The fraction of sp³-hybridized carbons (Fsp3) is 0.348. The quantitative estimate of drug-likeness (QED) is 0.811. The molecule has 2 aliphatic rings. The number of aliphatic imine (C=N–C) groups is 2. The standard InChI is InChI=1S/C23H25N3O3S/c1-15-8-7-9-16(2)20(15)24-21-23(12-5-6-13-23)26(17-10-3-4-11-18(17)27)22(25-21)30-14-19(28)29/h3-4,7-11,27H,5-6,12-14H2,1-2H3,(H,28,29)/p-1. The van der Waals surface area contributed by atoms with E-state index in [4.69, 9.17) is 9.98 Å². The van der Waals surface area contributed by atoms with E-state index in [9.17, 15) is 15.0 Å². The van der Waals surface area contributed by atoms with Crippen molar-refractivity contribution in [1.29, 1.82) is 0 Å². The summed E-state index contributed by atoms with van der Waals surface area (Å²) in [7, 11) is 0. The highest BCUT2D eigenvalue weighted by molar-refractivity contribution is 8.14. The zero-order chi connectivity index (χ0) is 21.3. The average Bonchev–Trinajstić information content (AvgIpc) is 3.30. The van der Waals surface area contributed by atoms with Crippen molar-refractivity contribution >= 4 is 40.1 Å². The number of hydrogen-bond acceptors (Lipinski definition) is 6. The lowest BCUT2D eigenvalue weighted by atomic mass is 9.93. The number of aromatic hydroxyl groups is 1. The summed E-state index contributed by atoms with van der Waals surface area (Å²) in [5.74, 6) is -0.545. The molecule has 156 valence electrons. The van der Waals surface area contributed by atoms with E-state index in [2.05, 4.69) is 0 Å². The number of carboxylic acid groups (broad SMARTS) is 1. The van der Waals surface area contributed by atoms with Crippen molar-refractivity contribution in [2.75, 3.05) is 10.7 Å². The van der Waals surface area contributed by atoms with Crippen LogP contribution in [0.4, 0.5) is 11.4 Å². The van der Waals surface area contributed by atoms with Crippen LogP contribution in [0.2, 0.25) is 0 Å². The number of phenolic OH excluding ortho intramolecular Hbond substituents is 1. The van der Waals surface area contributed by atoms with Crippen molar-refractivity contribution in [3.8, 4) is 5.75 Å². The third-order valence-corrected chi connectivity index (χ3v) is 6.68. The van der Waals surface area contributed by atoms with Gasteiger partial charge in [-0.2, -0.15) is 0 Å². The first kappa shape index (κ1) is 20.5. The van der Waals surface area contributed by atoms with E-state index in [-0.39, 0.29) is 11.5 Å². The lowest BCUT2D eigenvalue weighted by Crippen LogP contribution is -2.49. The molecule has 4 rings (SSSR count). The molecule has 0 amide bonds. The second-order valence-electron chi connectivity index (χ2n) is 7.79. The predicted octanol–water partition coefficient (Wildman–Crippen LogP) is 3.71. The number of carbonyl (C=O) groups excluding carboxylic acids is 1. The molecule has 30 heavy (non-hydrogen) atoms.